The van der Waals surface area contributed by atoms with E-state index in [0.29, 0.717) is 11.6 Å². The quantitative estimate of drug-likeness (QED) is 0.481. The zero-order valence-corrected chi connectivity index (χ0v) is 16.3. The van der Waals surface area contributed by atoms with Crippen LogP contribution in [-0.2, 0) is 10.2 Å². The average Bonchev–Trinajstić information content (AvgIpc) is 3.27. The molecule has 2 aromatic carbocycles. The van der Waals surface area contributed by atoms with Crippen LogP contribution in [0.25, 0.3) is 21.9 Å². The number of halogens is 1. The number of nitrogens with zero attached hydrogens (tertiary/aromatic N) is 1. The molecule has 0 saturated carbocycles. The summed E-state index contributed by atoms with van der Waals surface area (Å²) < 4.78 is 6.60. The van der Waals surface area contributed by atoms with E-state index in [4.69, 9.17) is 4.74 Å². The fourth-order valence-electron chi connectivity index (χ4n) is 3.54. The minimum Gasteiger partial charge on any atom is -0.496 e. The summed E-state index contributed by atoms with van der Waals surface area (Å²) in [6.07, 6.45) is 2.81. The van der Waals surface area contributed by atoms with Crippen LogP contribution in [0.15, 0.2) is 41.0 Å². The average molecular weight is 412 g/mol. The van der Waals surface area contributed by atoms with Gasteiger partial charge in [0.1, 0.15) is 23.3 Å². The molecule has 0 fully saturated rings. The number of rotatable bonds is 4. The van der Waals surface area contributed by atoms with Crippen molar-refractivity contribution >= 4 is 44.2 Å². The van der Waals surface area contributed by atoms with E-state index in [1.807, 2.05) is 50.4 Å². The van der Waals surface area contributed by atoms with Crippen LogP contribution in [0.1, 0.15) is 23.9 Å². The smallest absolute Gasteiger partial charge is 0.137 e. The maximum atomic E-state index is 12.4. The number of H-pyrrole nitrogens is 2. The highest BCUT2D eigenvalue weighted by molar-refractivity contribution is 9.10. The van der Waals surface area contributed by atoms with Crippen molar-refractivity contribution in [3.63, 3.8) is 0 Å². The Morgan fingerprint density at radius 3 is 2.81 bits per heavy atom. The summed E-state index contributed by atoms with van der Waals surface area (Å²) in [5.74, 6) is 1.26. The Hall–Kier alpha value is -2.60. The lowest BCUT2D eigenvalue weighted by Crippen LogP contribution is -2.28. The number of aryl methyl sites for hydroxylation is 1. The molecule has 1 unspecified atom stereocenters. The largest absolute Gasteiger partial charge is 0.496 e. The molecule has 0 aliphatic rings. The second-order valence-electron chi connectivity index (χ2n) is 6.60. The van der Waals surface area contributed by atoms with Crippen LogP contribution in [0.5, 0.6) is 5.75 Å². The number of ether oxygens (including phenoxy) is 1. The van der Waals surface area contributed by atoms with Gasteiger partial charge in [-0.3, -0.25) is 0 Å². The van der Waals surface area contributed by atoms with Crippen LogP contribution in [-0.4, -0.2) is 28.3 Å². The molecule has 4 aromatic rings. The van der Waals surface area contributed by atoms with E-state index in [9.17, 15) is 4.79 Å². The maximum absolute atomic E-state index is 12.4. The Labute approximate surface area is 158 Å². The van der Waals surface area contributed by atoms with E-state index < -0.39 is 5.41 Å². The predicted molar refractivity (Wildman–Crippen MR) is 106 cm³/mol. The molecule has 4 rings (SSSR count). The van der Waals surface area contributed by atoms with Crippen LogP contribution >= 0.6 is 15.9 Å². The normalized spacial score (nSPS) is 13.8. The Balaban J connectivity index is 2.04. The highest BCUT2D eigenvalue weighted by Gasteiger charge is 2.37. The zero-order chi connectivity index (χ0) is 18.5. The van der Waals surface area contributed by atoms with E-state index >= 15 is 0 Å². The zero-order valence-electron chi connectivity index (χ0n) is 14.7. The number of carbonyl (C=O) groups is 1. The number of methoxy groups -OCH3 is 1. The fourth-order valence-corrected chi connectivity index (χ4v) is 3.90. The van der Waals surface area contributed by atoms with Gasteiger partial charge < -0.3 is 19.5 Å². The van der Waals surface area contributed by atoms with Gasteiger partial charge in [0.25, 0.3) is 0 Å². The van der Waals surface area contributed by atoms with E-state index in [1.165, 1.54) is 0 Å². The number of nitrogens with one attached hydrogen (secondary N) is 2. The Bertz CT molecular complexity index is 1140. The Kier molecular flexibility index (Phi) is 3.88. The van der Waals surface area contributed by atoms with Crippen molar-refractivity contribution in [3.05, 3.63) is 58.0 Å². The molecule has 0 saturated heterocycles. The molecule has 2 heterocycles. The van der Waals surface area contributed by atoms with Crippen molar-refractivity contribution in [1.82, 2.24) is 15.0 Å². The summed E-state index contributed by atoms with van der Waals surface area (Å²) in [6, 6.07) is 9.73. The van der Waals surface area contributed by atoms with Gasteiger partial charge in [-0.25, -0.2) is 4.98 Å². The monoisotopic (exact) mass is 411 g/mol. The third kappa shape index (κ3) is 2.36. The molecule has 1 atom stereocenters. The second-order valence-corrected chi connectivity index (χ2v) is 7.52. The number of fused-ring (bicyclic) bond motifs is 2. The van der Waals surface area contributed by atoms with Crippen molar-refractivity contribution in [2.24, 2.45) is 0 Å². The lowest BCUT2D eigenvalue weighted by molar-refractivity contribution is -0.111. The Morgan fingerprint density at radius 2 is 2.08 bits per heavy atom. The third-order valence-corrected chi connectivity index (χ3v) is 5.41. The summed E-state index contributed by atoms with van der Waals surface area (Å²) in [5, 5.41) is 0.957. The summed E-state index contributed by atoms with van der Waals surface area (Å²) >= 11 is 3.47. The van der Waals surface area contributed by atoms with Gasteiger partial charge in [-0.2, -0.15) is 0 Å². The standard InChI is InChI=1S/C20H18BrN3O2/c1-11-8-16(26-3)17(13-6-7-22-18(11)13)20(2,10-25)19-23-14-5-4-12(21)9-15(14)24-19/h4-10,22H,1-3H3,(H,23,24). The summed E-state index contributed by atoms with van der Waals surface area (Å²) in [5.41, 5.74) is 3.56. The van der Waals surface area contributed by atoms with Crippen LogP contribution in [0.2, 0.25) is 0 Å². The minimum absolute atomic E-state index is 0.588. The molecule has 0 radical (unpaired) electrons. The molecule has 5 nitrogen and oxygen atoms in total. The number of aldehydes is 1. The molecule has 0 aliphatic carbocycles. The van der Waals surface area contributed by atoms with Crippen molar-refractivity contribution in [2.45, 2.75) is 19.3 Å². The molecule has 6 heteroatoms. The fraction of sp³-hybridized carbons (Fsp3) is 0.200. The lowest BCUT2D eigenvalue weighted by atomic mass is 9.80. The molecule has 2 aromatic heterocycles. The van der Waals surface area contributed by atoms with Crippen LogP contribution < -0.4 is 4.74 Å². The number of benzene rings is 2. The number of carbonyl (C=O) groups excluding carboxylic acids is 1. The van der Waals surface area contributed by atoms with Gasteiger partial charge in [-0.05, 0) is 49.7 Å². The first-order valence-corrected chi connectivity index (χ1v) is 9.04. The number of aromatic nitrogens is 3. The molecule has 132 valence electrons. The van der Waals surface area contributed by atoms with Crippen LogP contribution in [0.4, 0.5) is 0 Å². The van der Waals surface area contributed by atoms with Crippen molar-refractivity contribution in [3.8, 4) is 5.75 Å². The summed E-state index contributed by atoms with van der Waals surface area (Å²) in [7, 11) is 1.62. The van der Waals surface area contributed by atoms with Crippen LogP contribution in [0, 0.1) is 6.92 Å². The van der Waals surface area contributed by atoms with E-state index in [1.54, 1.807) is 7.11 Å². The van der Waals surface area contributed by atoms with E-state index in [2.05, 4.69) is 30.9 Å². The second kappa shape index (κ2) is 5.99. The van der Waals surface area contributed by atoms with Gasteiger partial charge in [0.2, 0.25) is 0 Å². The van der Waals surface area contributed by atoms with Gasteiger partial charge >= 0.3 is 0 Å². The molecular formula is C20H18BrN3O2. The molecule has 26 heavy (non-hydrogen) atoms. The van der Waals surface area contributed by atoms with E-state index in [-0.39, 0.29) is 0 Å². The first-order valence-electron chi connectivity index (χ1n) is 8.25. The van der Waals surface area contributed by atoms with Crippen molar-refractivity contribution in [1.29, 1.82) is 0 Å². The highest BCUT2D eigenvalue weighted by Crippen LogP contribution is 2.41. The summed E-state index contributed by atoms with van der Waals surface area (Å²) in [4.78, 5) is 23.6. The maximum Gasteiger partial charge on any atom is 0.137 e. The van der Waals surface area contributed by atoms with Gasteiger partial charge in [0.05, 0.1) is 18.1 Å². The van der Waals surface area contributed by atoms with E-state index in [0.717, 1.165) is 43.8 Å². The molecule has 2 N–H and O–H groups in total. The predicted octanol–water partition coefficient (Wildman–Crippen LogP) is 4.63. The topological polar surface area (TPSA) is 70.8 Å². The first-order chi connectivity index (χ1) is 12.5. The third-order valence-electron chi connectivity index (χ3n) is 4.92. The minimum atomic E-state index is -0.981. The van der Waals surface area contributed by atoms with Gasteiger partial charge in [0, 0.05) is 27.1 Å². The Morgan fingerprint density at radius 1 is 1.27 bits per heavy atom. The van der Waals surface area contributed by atoms with Gasteiger partial charge in [-0.15, -0.1) is 0 Å². The molecule has 0 aliphatic heterocycles. The van der Waals surface area contributed by atoms with Gasteiger partial charge in [0.15, 0.2) is 0 Å². The molecular weight excluding hydrogens is 394 g/mol. The SMILES string of the molecule is COc1cc(C)c2[nH]ccc2c1C(C)(C=O)c1nc2ccc(Br)cc2[nH]1. The van der Waals surface area contributed by atoms with Crippen molar-refractivity contribution < 1.29 is 9.53 Å². The first kappa shape index (κ1) is 16.8. The number of aromatic amines is 2. The molecule has 0 spiro atoms. The molecule has 0 amide bonds. The van der Waals surface area contributed by atoms with Crippen molar-refractivity contribution in [2.75, 3.05) is 7.11 Å². The number of imidazole rings is 1. The summed E-state index contributed by atoms with van der Waals surface area (Å²) in [6.45, 7) is 3.88. The van der Waals surface area contributed by atoms with Crippen LogP contribution in [0.3, 0.4) is 0 Å². The molecule has 0 bridgehead atoms. The number of hydrogen-bond acceptors (Lipinski definition) is 3. The lowest BCUT2D eigenvalue weighted by Gasteiger charge is -2.25. The van der Waals surface area contributed by atoms with Gasteiger partial charge in [-0.1, -0.05) is 15.9 Å². The number of hydrogen-bond donors (Lipinski definition) is 2. The highest BCUT2D eigenvalue weighted by atomic mass is 79.9.